The molecule has 2 aromatic heterocycles. The van der Waals surface area contributed by atoms with Crippen LogP contribution in [-0.2, 0) is 4.79 Å². The summed E-state index contributed by atoms with van der Waals surface area (Å²) in [6.07, 6.45) is -0.742. The van der Waals surface area contributed by atoms with Crippen molar-refractivity contribution in [1.82, 2.24) is 20.4 Å². The van der Waals surface area contributed by atoms with Gasteiger partial charge in [-0.05, 0) is 38.7 Å². The van der Waals surface area contributed by atoms with Crippen LogP contribution < -0.4 is 10.6 Å². The highest BCUT2D eigenvalue weighted by molar-refractivity contribution is 8.00. The van der Waals surface area contributed by atoms with Crippen LogP contribution >= 0.6 is 23.1 Å². The molecule has 2 aliphatic rings. The fraction of sp³-hybridized carbons (Fsp3) is 0.435. The summed E-state index contributed by atoms with van der Waals surface area (Å²) in [4.78, 5) is 18.6. The molecule has 0 bridgehead atoms. The van der Waals surface area contributed by atoms with Gasteiger partial charge in [0.25, 0.3) is 0 Å². The van der Waals surface area contributed by atoms with Gasteiger partial charge in [0.1, 0.15) is 12.2 Å². The standard InChI is InChI=1S/C23H23F4N5O2S2/c1-10(2)12-7-15(29-21(12)33)22-30-20(31-34-22)19-18(36-23(25,26)27)11-5-4-6-14(17(11)35-19)28-16-9-32(3)8-13(16)24/h4-6,13,15-16,28H,7-9H2,1-3H3,(H,29,33)/t13-,15+,16+/m0/s1. The number of benzene rings is 1. The Balaban J connectivity index is 1.54. The van der Waals surface area contributed by atoms with Gasteiger partial charge in [-0.15, -0.1) is 11.3 Å². The largest absolute Gasteiger partial charge is 0.446 e. The van der Waals surface area contributed by atoms with Crippen molar-refractivity contribution in [2.45, 2.75) is 48.9 Å². The number of likely N-dealkylation sites (tertiary alicyclic amines) is 1. The number of aromatic nitrogens is 2. The molecule has 13 heteroatoms. The Morgan fingerprint density at radius 2 is 2.08 bits per heavy atom. The first-order chi connectivity index (χ1) is 17.0. The maximum absolute atomic E-state index is 14.4. The van der Waals surface area contributed by atoms with Gasteiger partial charge in [-0.25, -0.2) is 4.39 Å². The Labute approximate surface area is 212 Å². The lowest BCUT2D eigenvalue weighted by molar-refractivity contribution is -0.116. The van der Waals surface area contributed by atoms with Crippen molar-refractivity contribution in [2.24, 2.45) is 0 Å². The summed E-state index contributed by atoms with van der Waals surface area (Å²) in [6.45, 7) is 4.43. The van der Waals surface area contributed by atoms with Gasteiger partial charge in [-0.2, -0.15) is 18.2 Å². The van der Waals surface area contributed by atoms with E-state index in [1.807, 2.05) is 25.8 Å². The Hall–Kier alpha value is -2.64. The number of amides is 1. The van der Waals surface area contributed by atoms with E-state index in [2.05, 4.69) is 20.8 Å². The van der Waals surface area contributed by atoms with E-state index in [1.165, 1.54) is 0 Å². The third-order valence-electron chi connectivity index (χ3n) is 6.19. The molecule has 2 saturated heterocycles. The lowest BCUT2D eigenvalue weighted by atomic mass is 10.1. The number of nitrogens with one attached hydrogen (secondary N) is 2. The number of thioether (sulfide) groups is 1. The Bertz CT molecular complexity index is 1350. The number of anilines is 1. The number of thiophene rings is 1. The van der Waals surface area contributed by atoms with Crippen LogP contribution in [0.4, 0.5) is 23.2 Å². The van der Waals surface area contributed by atoms with Crippen molar-refractivity contribution in [1.29, 1.82) is 0 Å². The normalized spacial score (nSPS) is 23.0. The molecule has 0 radical (unpaired) electrons. The first-order valence-electron chi connectivity index (χ1n) is 11.2. The molecular formula is C23H23F4N5O2S2. The van der Waals surface area contributed by atoms with Crippen LogP contribution in [0.15, 0.2) is 38.8 Å². The zero-order chi connectivity index (χ0) is 25.8. The number of fused-ring (bicyclic) bond motifs is 1. The van der Waals surface area contributed by atoms with Gasteiger partial charge >= 0.3 is 5.51 Å². The molecule has 192 valence electrons. The predicted octanol–water partition coefficient (Wildman–Crippen LogP) is 5.52. The summed E-state index contributed by atoms with van der Waals surface area (Å²) in [7, 11) is 1.82. The average Bonchev–Trinajstić information content (AvgIpc) is 3.54. The Kier molecular flexibility index (Phi) is 6.50. The average molecular weight is 542 g/mol. The molecule has 0 spiro atoms. The summed E-state index contributed by atoms with van der Waals surface area (Å²) >= 11 is 0.849. The number of allylic oxidation sites excluding steroid dienone is 1. The molecule has 0 aliphatic carbocycles. The number of hydrogen-bond donors (Lipinski definition) is 2. The van der Waals surface area contributed by atoms with E-state index in [1.54, 1.807) is 18.2 Å². The quantitative estimate of drug-likeness (QED) is 0.250. The molecule has 3 atom stereocenters. The maximum Gasteiger partial charge on any atom is 0.446 e. The smallest absolute Gasteiger partial charge is 0.377 e. The highest BCUT2D eigenvalue weighted by Gasteiger charge is 2.36. The van der Waals surface area contributed by atoms with Gasteiger partial charge in [-0.3, -0.25) is 4.79 Å². The molecule has 2 aliphatic heterocycles. The van der Waals surface area contributed by atoms with Crippen LogP contribution in [-0.4, -0.2) is 58.8 Å². The summed E-state index contributed by atoms with van der Waals surface area (Å²) < 4.78 is 61.0. The summed E-state index contributed by atoms with van der Waals surface area (Å²) in [6, 6.07) is 3.95. The minimum absolute atomic E-state index is 0.00719. The van der Waals surface area contributed by atoms with Crippen molar-refractivity contribution in [3.8, 4) is 10.7 Å². The molecule has 1 aromatic carbocycles. The number of hydrogen-bond acceptors (Lipinski definition) is 8. The van der Waals surface area contributed by atoms with Crippen molar-refractivity contribution >= 4 is 44.8 Å². The topological polar surface area (TPSA) is 83.3 Å². The van der Waals surface area contributed by atoms with Crippen LogP contribution in [0.5, 0.6) is 0 Å². The Morgan fingerprint density at radius 3 is 2.72 bits per heavy atom. The fourth-order valence-electron chi connectivity index (χ4n) is 4.50. The van der Waals surface area contributed by atoms with E-state index >= 15 is 0 Å². The van der Waals surface area contributed by atoms with Gasteiger partial charge in [0.2, 0.25) is 17.6 Å². The highest BCUT2D eigenvalue weighted by Crippen LogP contribution is 2.51. The van der Waals surface area contributed by atoms with Crippen molar-refractivity contribution < 1.29 is 26.9 Å². The molecule has 4 heterocycles. The second-order valence-corrected chi connectivity index (χ2v) is 11.2. The van der Waals surface area contributed by atoms with Crippen LogP contribution in [0, 0.1) is 0 Å². The molecule has 36 heavy (non-hydrogen) atoms. The number of carbonyl (C=O) groups is 1. The van der Waals surface area contributed by atoms with E-state index < -0.39 is 23.8 Å². The van der Waals surface area contributed by atoms with E-state index in [-0.39, 0.29) is 45.7 Å². The Morgan fingerprint density at radius 1 is 1.31 bits per heavy atom. The SMILES string of the molecule is CC(C)=C1C[C@H](c2nc(-c3sc4c(N[C@@H]5CN(C)C[C@@H]5F)cccc4c3SC(F)(F)F)no2)NC1=O. The number of halogens is 4. The van der Waals surface area contributed by atoms with E-state index in [4.69, 9.17) is 4.52 Å². The second kappa shape index (κ2) is 9.34. The van der Waals surface area contributed by atoms with Gasteiger partial charge in [0.15, 0.2) is 0 Å². The molecule has 2 N–H and O–H groups in total. The van der Waals surface area contributed by atoms with E-state index in [0.29, 0.717) is 34.3 Å². The first kappa shape index (κ1) is 25.0. The molecule has 3 aromatic rings. The fourth-order valence-corrected chi connectivity index (χ4v) is 6.61. The van der Waals surface area contributed by atoms with Crippen molar-refractivity contribution in [2.75, 3.05) is 25.5 Å². The second-order valence-electron chi connectivity index (χ2n) is 9.14. The summed E-state index contributed by atoms with van der Waals surface area (Å²) in [5.74, 6) is -0.0928. The predicted molar refractivity (Wildman–Crippen MR) is 131 cm³/mol. The molecule has 2 fully saturated rings. The van der Waals surface area contributed by atoms with Gasteiger partial charge in [0, 0.05) is 35.4 Å². The van der Waals surface area contributed by atoms with Gasteiger partial charge in [0.05, 0.1) is 21.3 Å². The van der Waals surface area contributed by atoms with Crippen molar-refractivity contribution in [3.05, 3.63) is 35.2 Å². The van der Waals surface area contributed by atoms with Crippen molar-refractivity contribution in [3.63, 3.8) is 0 Å². The first-order valence-corrected chi connectivity index (χ1v) is 12.8. The van der Waals surface area contributed by atoms with Crippen LogP contribution in [0.1, 0.15) is 32.2 Å². The molecule has 0 saturated carbocycles. The minimum Gasteiger partial charge on any atom is -0.377 e. The number of carbonyl (C=O) groups excluding carboxylic acids is 1. The van der Waals surface area contributed by atoms with Gasteiger partial charge < -0.3 is 20.1 Å². The molecule has 1 amide bonds. The summed E-state index contributed by atoms with van der Waals surface area (Å²) in [5.41, 5.74) is -2.51. The third kappa shape index (κ3) is 4.83. The number of likely N-dealkylation sites (N-methyl/N-ethyl adjacent to an activating group) is 1. The molecule has 7 nitrogen and oxygen atoms in total. The lowest BCUT2D eigenvalue weighted by Gasteiger charge is -2.16. The monoisotopic (exact) mass is 541 g/mol. The number of alkyl halides is 4. The highest BCUT2D eigenvalue weighted by atomic mass is 32.2. The van der Waals surface area contributed by atoms with E-state index in [0.717, 1.165) is 16.9 Å². The third-order valence-corrected chi connectivity index (χ3v) is 8.42. The number of nitrogens with zero attached hydrogens (tertiary/aromatic N) is 3. The minimum atomic E-state index is -4.55. The van der Waals surface area contributed by atoms with Crippen LogP contribution in [0.25, 0.3) is 20.8 Å². The maximum atomic E-state index is 14.4. The van der Waals surface area contributed by atoms with Crippen LogP contribution in [0.3, 0.4) is 0 Å². The summed E-state index contributed by atoms with van der Waals surface area (Å²) in [5, 5.41) is 10.3. The molecule has 0 unspecified atom stereocenters. The van der Waals surface area contributed by atoms with Gasteiger partial charge in [-0.1, -0.05) is 22.9 Å². The molecule has 5 rings (SSSR count). The molecular weight excluding hydrogens is 518 g/mol. The zero-order valence-electron chi connectivity index (χ0n) is 19.6. The zero-order valence-corrected chi connectivity index (χ0v) is 21.2. The van der Waals surface area contributed by atoms with Crippen LogP contribution in [0.2, 0.25) is 0 Å². The number of rotatable bonds is 5. The lowest BCUT2D eigenvalue weighted by Crippen LogP contribution is -2.29. The van der Waals surface area contributed by atoms with E-state index in [9.17, 15) is 22.4 Å².